The molecule has 1 atom stereocenters. The van der Waals surface area contributed by atoms with Crippen molar-refractivity contribution >= 4 is 17.7 Å². The van der Waals surface area contributed by atoms with Gasteiger partial charge in [0.05, 0.1) is 12.5 Å². The Balaban J connectivity index is 2.25. The van der Waals surface area contributed by atoms with Crippen LogP contribution in [0.3, 0.4) is 0 Å². The fraction of sp³-hybridized carbons (Fsp3) is 0.727. The largest absolute Gasteiger partial charge is 0.370 e. The van der Waals surface area contributed by atoms with E-state index in [1.165, 1.54) is 4.90 Å². The third-order valence-electron chi connectivity index (χ3n) is 2.90. The Morgan fingerprint density at radius 1 is 1.41 bits per heavy atom. The molecular weight excluding hydrogens is 222 g/mol. The highest BCUT2D eigenvalue weighted by atomic mass is 16.2. The van der Waals surface area contributed by atoms with Gasteiger partial charge < -0.3 is 11.1 Å². The highest BCUT2D eigenvalue weighted by Crippen LogP contribution is 2.14. The Kier molecular flexibility index (Phi) is 5.09. The van der Waals surface area contributed by atoms with E-state index in [1.807, 2.05) is 0 Å². The van der Waals surface area contributed by atoms with Crippen LogP contribution < -0.4 is 11.1 Å². The van der Waals surface area contributed by atoms with Crippen molar-refractivity contribution < 1.29 is 14.4 Å². The molecule has 3 amide bonds. The van der Waals surface area contributed by atoms with Crippen molar-refractivity contribution in [3.05, 3.63) is 0 Å². The van der Waals surface area contributed by atoms with Gasteiger partial charge in [0.1, 0.15) is 0 Å². The monoisotopic (exact) mass is 241 g/mol. The van der Waals surface area contributed by atoms with Crippen molar-refractivity contribution in [3.8, 4) is 0 Å². The first-order valence-corrected chi connectivity index (χ1v) is 5.86. The average Bonchev–Trinajstić information content (AvgIpc) is 2.54. The molecule has 1 unspecified atom stereocenters. The van der Waals surface area contributed by atoms with Crippen molar-refractivity contribution in [3.63, 3.8) is 0 Å². The molecule has 0 aliphatic carbocycles. The summed E-state index contributed by atoms with van der Waals surface area (Å²) in [7, 11) is 1.67. The first kappa shape index (κ1) is 13.6. The smallest absolute Gasteiger partial charge is 0.246 e. The Labute approximate surface area is 101 Å². The van der Waals surface area contributed by atoms with Crippen LogP contribution in [-0.2, 0) is 14.4 Å². The molecule has 0 radical (unpaired) electrons. The maximum absolute atomic E-state index is 11.7. The van der Waals surface area contributed by atoms with Crippen LogP contribution in [0.2, 0.25) is 0 Å². The molecule has 1 heterocycles. The fourth-order valence-corrected chi connectivity index (χ4v) is 1.89. The van der Waals surface area contributed by atoms with E-state index in [2.05, 4.69) is 5.32 Å². The maximum Gasteiger partial charge on any atom is 0.246 e. The second-order valence-corrected chi connectivity index (χ2v) is 4.21. The average molecular weight is 241 g/mol. The van der Waals surface area contributed by atoms with Gasteiger partial charge in [0, 0.05) is 13.0 Å². The number of primary amides is 1. The van der Waals surface area contributed by atoms with E-state index in [-0.39, 0.29) is 30.2 Å². The Morgan fingerprint density at radius 3 is 2.65 bits per heavy atom. The number of carbonyl (C=O) groups excluding carboxylic acids is 3. The van der Waals surface area contributed by atoms with Crippen molar-refractivity contribution in [1.82, 2.24) is 10.2 Å². The molecule has 3 N–H and O–H groups in total. The van der Waals surface area contributed by atoms with E-state index in [4.69, 9.17) is 5.73 Å². The van der Waals surface area contributed by atoms with Gasteiger partial charge in [0.25, 0.3) is 0 Å². The van der Waals surface area contributed by atoms with Crippen LogP contribution in [0.15, 0.2) is 0 Å². The fourth-order valence-electron chi connectivity index (χ4n) is 1.89. The predicted molar refractivity (Wildman–Crippen MR) is 61.8 cm³/mol. The topological polar surface area (TPSA) is 92.5 Å². The molecule has 0 aromatic heterocycles. The lowest BCUT2D eigenvalue weighted by molar-refractivity contribution is -0.139. The number of carbonyl (C=O) groups is 3. The maximum atomic E-state index is 11.7. The van der Waals surface area contributed by atoms with E-state index in [9.17, 15) is 14.4 Å². The van der Waals surface area contributed by atoms with Crippen LogP contribution in [0, 0.1) is 0 Å². The first-order valence-electron chi connectivity index (χ1n) is 5.86. The molecule has 1 saturated heterocycles. The minimum Gasteiger partial charge on any atom is -0.370 e. The van der Waals surface area contributed by atoms with Gasteiger partial charge in [-0.15, -0.1) is 0 Å². The Hall–Kier alpha value is -1.43. The number of nitrogens with two attached hydrogens (primary N) is 1. The summed E-state index contributed by atoms with van der Waals surface area (Å²) in [5.74, 6) is -0.578. The minimum absolute atomic E-state index is 0.121. The number of likely N-dealkylation sites (tertiary alicyclic amines) is 1. The lowest BCUT2D eigenvalue weighted by atomic mass is 10.2. The molecule has 0 bridgehead atoms. The quantitative estimate of drug-likeness (QED) is 0.459. The second kappa shape index (κ2) is 6.34. The third kappa shape index (κ3) is 3.81. The number of amides is 3. The van der Waals surface area contributed by atoms with Crippen LogP contribution in [0.1, 0.15) is 32.1 Å². The number of hydrogen-bond acceptors (Lipinski definition) is 4. The van der Waals surface area contributed by atoms with Crippen molar-refractivity contribution in [2.75, 3.05) is 13.6 Å². The molecule has 17 heavy (non-hydrogen) atoms. The highest BCUT2D eigenvalue weighted by molar-refractivity contribution is 6.05. The van der Waals surface area contributed by atoms with Crippen LogP contribution in [0.4, 0.5) is 0 Å². The summed E-state index contributed by atoms with van der Waals surface area (Å²) in [4.78, 5) is 35.0. The summed E-state index contributed by atoms with van der Waals surface area (Å²) in [6.45, 7) is 0.439. The van der Waals surface area contributed by atoms with Crippen LogP contribution in [0.5, 0.6) is 0 Å². The number of hydrogen-bond donors (Lipinski definition) is 2. The van der Waals surface area contributed by atoms with Gasteiger partial charge in [-0.2, -0.15) is 0 Å². The van der Waals surface area contributed by atoms with E-state index < -0.39 is 0 Å². The van der Waals surface area contributed by atoms with Crippen molar-refractivity contribution in [2.24, 2.45) is 5.73 Å². The van der Waals surface area contributed by atoms with Gasteiger partial charge in [0.2, 0.25) is 17.7 Å². The second-order valence-electron chi connectivity index (χ2n) is 4.21. The predicted octanol–water partition coefficient (Wildman–Crippen LogP) is -0.621. The molecule has 1 aliphatic rings. The standard InChI is InChI=1S/C11H19N3O3/c1-13-8-7-10(16)14(11(8)17)6-4-2-3-5-9(12)15/h8,13H,2-7H2,1H3,(H2,12,15). The SMILES string of the molecule is CNC1CC(=O)N(CCCCCC(N)=O)C1=O. The first-order chi connectivity index (χ1) is 8.06. The third-order valence-corrected chi connectivity index (χ3v) is 2.90. The van der Waals surface area contributed by atoms with Crippen molar-refractivity contribution in [2.45, 2.75) is 38.1 Å². The zero-order valence-corrected chi connectivity index (χ0v) is 10.1. The van der Waals surface area contributed by atoms with E-state index in [1.54, 1.807) is 7.05 Å². The summed E-state index contributed by atoms with van der Waals surface area (Å²) in [6, 6.07) is -0.367. The molecule has 1 rings (SSSR count). The van der Waals surface area contributed by atoms with Gasteiger partial charge in [-0.1, -0.05) is 6.42 Å². The Morgan fingerprint density at radius 2 is 2.12 bits per heavy atom. The molecular formula is C11H19N3O3. The van der Waals surface area contributed by atoms with Gasteiger partial charge in [-0.05, 0) is 19.9 Å². The van der Waals surface area contributed by atoms with Crippen molar-refractivity contribution in [1.29, 1.82) is 0 Å². The molecule has 0 aromatic carbocycles. The number of likely N-dealkylation sites (N-methyl/N-ethyl adjacent to an activating group) is 1. The number of nitrogens with zero attached hydrogens (tertiary/aromatic N) is 1. The zero-order chi connectivity index (χ0) is 12.8. The summed E-state index contributed by atoms with van der Waals surface area (Å²) < 4.78 is 0. The van der Waals surface area contributed by atoms with Crippen LogP contribution >= 0.6 is 0 Å². The van der Waals surface area contributed by atoms with Crippen LogP contribution in [-0.4, -0.2) is 42.3 Å². The lowest BCUT2D eigenvalue weighted by Crippen LogP contribution is -2.37. The molecule has 0 spiro atoms. The van der Waals surface area contributed by atoms with E-state index >= 15 is 0 Å². The summed E-state index contributed by atoms with van der Waals surface area (Å²) in [6.07, 6.45) is 2.84. The lowest BCUT2D eigenvalue weighted by Gasteiger charge is -2.14. The molecule has 0 aromatic rings. The number of nitrogens with one attached hydrogen (secondary N) is 1. The normalized spacial score (nSPS) is 20.1. The number of imide groups is 1. The highest BCUT2D eigenvalue weighted by Gasteiger charge is 2.36. The summed E-state index contributed by atoms with van der Waals surface area (Å²) >= 11 is 0. The van der Waals surface area contributed by atoms with E-state index in [0.29, 0.717) is 19.4 Å². The van der Waals surface area contributed by atoms with Gasteiger partial charge in [0.15, 0.2) is 0 Å². The number of rotatable bonds is 7. The van der Waals surface area contributed by atoms with Gasteiger partial charge >= 0.3 is 0 Å². The summed E-state index contributed by atoms with van der Waals surface area (Å²) in [5, 5.41) is 2.82. The molecule has 1 fully saturated rings. The summed E-state index contributed by atoms with van der Waals surface area (Å²) in [5.41, 5.74) is 5.01. The molecule has 6 heteroatoms. The Bertz CT molecular complexity index is 317. The molecule has 6 nitrogen and oxygen atoms in total. The van der Waals surface area contributed by atoms with Crippen LogP contribution in [0.25, 0.3) is 0 Å². The molecule has 1 aliphatic heterocycles. The molecule has 0 saturated carbocycles. The van der Waals surface area contributed by atoms with Gasteiger partial charge in [-0.3, -0.25) is 19.3 Å². The molecule has 96 valence electrons. The minimum atomic E-state index is -0.367. The zero-order valence-electron chi connectivity index (χ0n) is 10.1. The number of unbranched alkanes of at least 4 members (excludes halogenated alkanes) is 2. The van der Waals surface area contributed by atoms with E-state index in [0.717, 1.165) is 12.8 Å². The van der Waals surface area contributed by atoms with Gasteiger partial charge in [-0.25, -0.2) is 0 Å².